The van der Waals surface area contributed by atoms with Crippen molar-refractivity contribution in [3.8, 4) is 0 Å². The molecule has 0 aliphatic rings. The van der Waals surface area contributed by atoms with Crippen LogP contribution in [-0.4, -0.2) is 34.7 Å². The monoisotopic (exact) mass is 361 g/mol. The minimum Gasteiger partial charge on any atom is -0.358 e. The highest BCUT2D eigenvalue weighted by molar-refractivity contribution is 5.89. The molecule has 1 amide bonds. The maximum absolute atomic E-state index is 12.1. The number of carbonyl (C=O) groups excluding carboxylic acids is 1. The summed E-state index contributed by atoms with van der Waals surface area (Å²) in [7, 11) is 1.98. The molecule has 6 nitrogen and oxygen atoms in total. The second-order valence-electron chi connectivity index (χ2n) is 6.34. The van der Waals surface area contributed by atoms with E-state index in [9.17, 15) is 4.79 Å². The molecule has 0 spiro atoms. The number of nitrogens with zero attached hydrogens (tertiary/aromatic N) is 4. The molecule has 0 saturated heterocycles. The molecule has 2 aromatic heterocycles. The van der Waals surface area contributed by atoms with Crippen LogP contribution in [0.15, 0.2) is 67.0 Å². The molecule has 1 N–H and O–H groups in total. The summed E-state index contributed by atoms with van der Waals surface area (Å²) in [6, 6.07) is 17.6. The fourth-order valence-electron chi connectivity index (χ4n) is 2.66. The molecule has 1 aromatic carbocycles. The van der Waals surface area contributed by atoms with E-state index in [1.54, 1.807) is 18.5 Å². The van der Waals surface area contributed by atoms with Crippen molar-refractivity contribution in [3.63, 3.8) is 0 Å². The third kappa shape index (κ3) is 5.88. The summed E-state index contributed by atoms with van der Waals surface area (Å²) in [4.78, 5) is 18.1. The molecule has 0 unspecified atom stereocenters. The fraction of sp³-hybridized carbons (Fsp3) is 0.238. The lowest BCUT2D eigenvalue weighted by atomic mass is 10.1. The second-order valence-corrected chi connectivity index (χ2v) is 6.34. The van der Waals surface area contributed by atoms with Crippen LogP contribution in [0.25, 0.3) is 0 Å². The van der Waals surface area contributed by atoms with Gasteiger partial charge in [0.25, 0.3) is 0 Å². The Bertz CT molecular complexity index is 837. The fourth-order valence-corrected chi connectivity index (χ4v) is 2.66. The first-order valence-corrected chi connectivity index (χ1v) is 8.98. The lowest BCUT2D eigenvalue weighted by molar-refractivity contribution is -0.116. The Morgan fingerprint density at radius 3 is 2.37 bits per heavy atom. The molecule has 0 fully saturated rings. The number of amides is 1. The zero-order valence-corrected chi connectivity index (χ0v) is 15.4. The number of aryl methyl sites for hydroxylation is 1. The lowest BCUT2D eigenvalue weighted by Gasteiger charge is -2.17. The molecule has 0 aliphatic heterocycles. The number of rotatable bonds is 8. The Balaban J connectivity index is 1.47. The van der Waals surface area contributed by atoms with Gasteiger partial charge in [-0.3, -0.25) is 9.78 Å². The average molecular weight is 361 g/mol. The van der Waals surface area contributed by atoms with Gasteiger partial charge in [0.15, 0.2) is 11.6 Å². The number of benzene rings is 1. The number of pyridine rings is 1. The molecule has 0 aliphatic carbocycles. The van der Waals surface area contributed by atoms with Crippen LogP contribution in [-0.2, 0) is 17.6 Å². The van der Waals surface area contributed by atoms with E-state index < -0.39 is 0 Å². The standard InChI is InChI=1S/C21H23N5O/c1-26(16-13-18-11-14-22-15-12-18)20-9-8-19(24-25-20)23-21(27)10-7-17-5-3-2-4-6-17/h2-6,8-9,11-12,14-15H,7,10,13,16H2,1H3,(H,23,24,27). The van der Waals surface area contributed by atoms with Gasteiger partial charge in [0.05, 0.1) is 0 Å². The van der Waals surface area contributed by atoms with E-state index >= 15 is 0 Å². The summed E-state index contributed by atoms with van der Waals surface area (Å²) in [5.41, 5.74) is 2.37. The van der Waals surface area contributed by atoms with Crippen LogP contribution in [0.1, 0.15) is 17.5 Å². The minimum atomic E-state index is -0.0630. The van der Waals surface area contributed by atoms with Crippen molar-refractivity contribution in [2.45, 2.75) is 19.3 Å². The number of hydrogen-bond donors (Lipinski definition) is 1. The van der Waals surface area contributed by atoms with Crippen molar-refractivity contribution in [2.24, 2.45) is 0 Å². The number of nitrogens with one attached hydrogen (secondary N) is 1. The largest absolute Gasteiger partial charge is 0.358 e. The summed E-state index contributed by atoms with van der Waals surface area (Å²) < 4.78 is 0. The van der Waals surface area contributed by atoms with Crippen molar-refractivity contribution in [3.05, 3.63) is 78.1 Å². The molecule has 0 saturated carbocycles. The Morgan fingerprint density at radius 2 is 1.67 bits per heavy atom. The van der Waals surface area contributed by atoms with Gasteiger partial charge in [-0.05, 0) is 48.2 Å². The predicted octanol–water partition coefficient (Wildman–Crippen LogP) is 3.12. The molecule has 2 heterocycles. The third-order valence-electron chi connectivity index (χ3n) is 4.28. The van der Waals surface area contributed by atoms with Crippen LogP contribution in [0.5, 0.6) is 0 Å². The van der Waals surface area contributed by atoms with Gasteiger partial charge in [-0.15, -0.1) is 10.2 Å². The van der Waals surface area contributed by atoms with Crippen LogP contribution in [0, 0.1) is 0 Å². The van der Waals surface area contributed by atoms with Gasteiger partial charge in [0.2, 0.25) is 5.91 Å². The zero-order valence-electron chi connectivity index (χ0n) is 15.4. The second kappa shape index (κ2) is 9.43. The molecule has 138 valence electrons. The highest BCUT2D eigenvalue weighted by Gasteiger charge is 2.07. The number of hydrogen-bond acceptors (Lipinski definition) is 5. The summed E-state index contributed by atoms with van der Waals surface area (Å²) in [5, 5.41) is 11.1. The first kappa shape index (κ1) is 18.5. The van der Waals surface area contributed by atoms with E-state index in [2.05, 4.69) is 20.5 Å². The van der Waals surface area contributed by atoms with Gasteiger partial charge >= 0.3 is 0 Å². The van der Waals surface area contributed by atoms with Gasteiger partial charge in [-0.2, -0.15) is 0 Å². The maximum atomic E-state index is 12.1. The van der Waals surface area contributed by atoms with Crippen LogP contribution in [0.2, 0.25) is 0 Å². The quantitative estimate of drug-likeness (QED) is 0.667. The number of aromatic nitrogens is 3. The smallest absolute Gasteiger partial charge is 0.225 e. The molecule has 0 radical (unpaired) electrons. The van der Waals surface area contributed by atoms with Gasteiger partial charge in [-0.1, -0.05) is 30.3 Å². The van der Waals surface area contributed by atoms with Gasteiger partial charge in [-0.25, -0.2) is 0 Å². The normalized spacial score (nSPS) is 10.4. The SMILES string of the molecule is CN(CCc1ccncc1)c1ccc(NC(=O)CCc2ccccc2)nn1. The minimum absolute atomic E-state index is 0.0630. The summed E-state index contributed by atoms with van der Waals surface area (Å²) in [5.74, 6) is 1.18. The highest BCUT2D eigenvalue weighted by atomic mass is 16.1. The van der Waals surface area contributed by atoms with E-state index in [-0.39, 0.29) is 5.91 Å². The van der Waals surface area contributed by atoms with Crippen molar-refractivity contribution < 1.29 is 4.79 Å². The van der Waals surface area contributed by atoms with Crippen molar-refractivity contribution in [1.82, 2.24) is 15.2 Å². The Labute approximate surface area is 159 Å². The van der Waals surface area contributed by atoms with E-state index in [0.29, 0.717) is 18.7 Å². The molecule has 3 rings (SSSR count). The Morgan fingerprint density at radius 1 is 0.926 bits per heavy atom. The molecule has 0 atom stereocenters. The van der Waals surface area contributed by atoms with Gasteiger partial charge in [0.1, 0.15) is 0 Å². The molecular weight excluding hydrogens is 338 g/mol. The molecule has 6 heteroatoms. The molecule has 3 aromatic rings. The summed E-state index contributed by atoms with van der Waals surface area (Å²) in [6.07, 6.45) is 5.61. The topological polar surface area (TPSA) is 71.0 Å². The Hall–Kier alpha value is -3.28. The highest BCUT2D eigenvalue weighted by Crippen LogP contribution is 2.12. The molecule has 0 bridgehead atoms. The predicted molar refractivity (Wildman–Crippen MR) is 107 cm³/mol. The van der Waals surface area contributed by atoms with E-state index in [1.165, 1.54) is 5.56 Å². The summed E-state index contributed by atoms with van der Waals surface area (Å²) in [6.45, 7) is 0.821. The van der Waals surface area contributed by atoms with Crippen LogP contribution in [0.4, 0.5) is 11.6 Å². The van der Waals surface area contributed by atoms with E-state index in [1.807, 2.05) is 60.5 Å². The average Bonchev–Trinajstić information content (AvgIpc) is 2.72. The third-order valence-corrected chi connectivity index (χ3v) is 4.28. The molecular formula is C21H23N5O. The summed E-state index contributed by atoms with van der Waals surface area (Å²) >= 11 is 0. The van der Waals surface area contributed by atoms with Crippen molar-refractivity contribution in [1.29, 1.82) is 0 Å². The van der Waals surface area contributed by atoms with Crippen LogP contribution < -0.4 is 10.2 Å². The van der Waals surface area contributed by atoms with Crippen molar-refractivity contribution >= 4 is 17.5 Å². The van der Waals surface area contributed by atoms with Crippen molar-refractivity contribution in [2.75, 3.05) is 23.8 Å². The number of carbonyl (C=O) groups is 1. The lowest BCUT2D eigenvalue weighted by Crippen LogP contribution is -2.22. The van der Waals surface area contributed by atoms with Crippen LogP contribution >= 0.6 is 0 Å². The van der Waals surface area contributed by atoms with E-state index in [0.717, 1.165) is 24.3 Å². The maximum Gasteiger partial charge on any atom is 0.225 e. The first-order valence-electron chi connectivity index (χ1n) is 8.98. The number of anilines is 2. The Kier molecular flexibility index (Phi) is 6.46. The zero-order chi connectivity index (χ0) is 18.9. The molecule has 27 heavy (non-hydrogen) atoms. The van der Waals surface area contributed by atoms with E-state index in [4.69, 9.17) is 0 Å². The van der Waals surface area contributed by atoms with Crippen LogP contribution in [0.3, 0.4) is 0 Å². The first-order chi connectivity index (χ1) is 13.2. The number of likely N-dealkylation sites (N-methyl/N-ethyl adjacent to an activating group) is 1. The van der Waals surface area contributed by atoms with Gasteiger partial charge in [0, 0.05) is 32.4 Å². The van der Waals surface area contributed by atoms with Gasteiger partial charge < -0.3 is 10.2 Å².